The number of likely N-dealkylation sites (tertiary alicyclic amines) is 1. The minimum absolute atomic E-state index is 0.0692. The van der Waals surface area contributed by atoms with Crippen molar-refractivity contribution < 1.29 is 34.1 Å². The zero-order valence-electron chi connectivity index (χ0n) is 31.1. The number of anilines is 1. The van der Waals surface area contributed by atoms with Crippen LogP contribution in [0.5, 0.6) is 0 Å². The molecule has 0 radical (unpaired) electrons. The highest BCUT2D eigenvalue weighted by atomic mass is 16.5. The maximum absolute atomic E-state index is 14.2. The summed E-state index contributed by atoms with van der Waals surface area (Å²) in [6.07, 6.45) is 0.874. The quantitative estimate of drug-likeness (QED) is 0.104. The summed E-state index contributed by atoms with van der Waals surface area (Å²) in [5.41, 5.74) is 5.32. The van der Waals surface area contributed by atoms with Gasteiger partial charge in [0.1, 0.15) is 6.54 Å². The van der Waals surface area contributed by atoms with Crippen LogP contribution in [0.1, 0.15) is 53.6 Å². The topological polar surface area (TPSA) is 157 Å². The van der Waals surface area contributed by atoms with Crippen molar-refractivity contribution in [3.63, 3.8) is 0 Å². The Morgan fingerprint density at radius 3 is 2.31 bits per heavy atom. The van der Waals surface area contributed by atoms with Crippen molar-refractivity contribution in [2.45, 2.75) is 69.7 Å². The molecule has 55 heavy (non-hydrogen) atoms. The summed E-state index contributed by atoms with van der Waals surface area (Å²) in [5, 5.41) is 30.9. The lowest BCUT2D eigenvalue weighted by Crippen LogP contribution is -2.43. The molecule has 11 nitrogen and oxygen atoms in total. The fraction of sp³-hybridized carbons (Fsp3) is 0.364. The molecule has 0 bridgehead atoms. The number of aliphatic hydroxyl groups is 2. The SMILES string of the molecule is CCOC(=O)CNC(=O)Nc1cccc(C[C@H]2C[C@H](Cc3ccccc3)N(C[C@@H](O)C[C@@H](Cc3ccccc3)C(=O)NC3c4ccccc4C[C@H]3O)C2=O)c1. The van der Waals surface area contributed by atoms with Crippen LogP contribution in [-0.2, 0) is 44.8 Å². The number of rotatable bonds is 16. The lowest BCUT2D eigenvalue weighted by Gasteiger charge is -2.29. The first-order valence-electron chi connectivity index (χ1n) is 19.1. The van der Waals surface area contributed by atoms with E-state index in [0.717, 1.165) is 27.8 Å². The van der Waals surface area contributed by atoms with E-state index in [0.29, 0.717) is 37.8 Å². The molecule has 6 rings (SSSR count). The van der Waals surface area contributed by atoms with Crippen LogP contribution in [0.15, 0.2) is 109 Å². The summed E-state index contributed by atoms with van der Waals surface area (Å²) in [5.74, 6) is -1.82. The third-order valence-electron chi connectivity index (χ3n) is 10.5. The second-order valence-corrected chi connectivity index (χ2v) is 14.5. The van der Waals surface area contributed by atoms with Crippen molar-refractivity contribution in [3.8, 4) is 0 Å². The van der Waals surface area contributed by atoms with E-state index < -0.39 is 36.2 Å². The molecule has 1 saturated heterocycles. The number of carbonyl (C=O) groups is 4. The van der Waals surface area contributed by atoms with Crippen LogP contribution in [0, 0.1) is 11.8 Å². The smallest absolute Gasteiger partial charge is 0.325 e. The van der Waals surface area contributed by atoms with Crippen LogP contribution in [-0.4, -0.2) is 76.9 Å². The second-order valence-electron chi connectivity index (χ2n) is 14.5. The van der Waals surface area contributed by atoms with Crippen LogP contribution in [0.25, 0.3) is 0 Å². The van der Waals surface area contributed by atoms with E-state index >= 15 is 0 Å². The van der Waals surface area contributed by atoms with Crippen molar-refractivity contribution in [1.29, 1.82) is 0 Å². The molecule has 1 heterocycles. The fourth-order valence-corrected chi connectivity index (χ4v) is 7.89. The van der Waals surface area contributed by atoms with Crippen LogP contribution >= 0.6 is 0 Å². The molecule has 1 fully saturated rings. The Balaban J connectivity index is 1.15. The van der Waals surface area contributed by atoms with Gasteiger partial charge in [0.05, 0.1) is 24.9 Å². The second kappa shape index (κ2) is 18.7. The summed E-state index contributed by atoms with van der Waals surface area (Å²) < 4.78 is 4.86. The lowest BCUT2D eigenvalue weighted by atomic mass is 9.91. The molecule has 4 aromatic rings. The van der Waals surface area contributed by atoms with Gasteiger partial charge in [-0.2, -0.15) is 0 Å². The Hall–Kier alpha value is -5.52. The van der Waals surface area contributed by atoms with Gasteiger partial charge in [-0.1, -0.05) is 97.1 Å². The minimum Gasteiger partial charge on any atom is -0.465 e. The highest BCUT2D eigenvalue weighted by Crippen LogP contribution is 2.33. The standard InChI is InChI=1S/C44H50N4O7/c1-2-55-40(51)27-45-44(54)46-35-18-11-16-31(22-35)21-34-24-36(23-30-14-7-4-8-15-30)48(43(34)53)28-37(49)25-33(20-29-12-5-3-6-13-29)42(52)47-41-38-19-10-9-17-32(38)26-39(41)50/h3-19,22,33-34,36-37,39,41,49-50H,2,20-21,23-28H2,1H3,(H,47,52)(H2,45,46,54)/t33-,34+,36+,37+,39-,41?/m1/s1. The molecule has 5 N–H and O–H groups in total. The molecule has 11 heteroatoms. The maximum Gasteiger partial charge on any atom is 0.325 e. The van der Waals surface area contributed by atoms with Crippen LogP contribution in [0.4, 0.5) is 10.5 Å². The number of nitrogens with one attached hydrogen (secondary N) is 3. The van der Waals surface area contributed by atoms with E-state index in [2.05, 4.69) is 16.0 Å². The predicted octanol–water partition coefficient (Wildman–Crippen LogP) is 4.76. The Labute approximate surface area is 322 Å². The van der Waals surface area contributed by atoms with Gasteiger partial charge >= 0.3 is 12.0 Å². The molecular formula is C44H50N4O7. The van der Waals surface area contributed by atoms with Crippen LogP contribution < -0.4 is 16.0 Å². The molecule has 4 aromatic carbocycles. The van der Waals surface area contributed by atoms with Gasteiger partial charge in [-0.25, -0.2) is 4.79 Å². The van der Waals surface area contributed by atoms with Gasteiger partial charge in [0, 0.05) is 36.5 Å². The van der Waals surface area contributed by atoms with Gasteiger partial charge in [0.2, 0.25) is 11.8 Å². The van der Waals surface area contributed by atoms with Crippen molar-refractivity contribution in [3.05, 3.63) is 137 Å². The Kier molecular flexibility index (Phi) is 13.3. The summed E-state index contributed by atoms with van der Waals surface area (Å²) in [4.78, 5) is 54.0. The molecule has 1 aliphatic carbocycles. The average Bonchev–Trinajstić information content (AvgIpc) is 3.64. The Bertz CT molecular complexity index is 1920. The first kappa shape index (κ1) is 39.2. The van der Waals surface area contributed by atoms with E-state index in [1.807, 2.05) is 97.1 Å². The number of amides is 4. The number of nitrogens with zero attached hydrogens (tertiary/aromatic N) is 1. The number of benzene rings is 4. The number of urea groups is 1. The Morgan fingerprint density at radius 1 is 0.873 bits per heavy atom. The van der Waals surface area contributed by atoms with Crippen molar-refractivity contribution >= 4 is 29.5 Å². The molecule has 6 atom stereocenters. The van der Waals surface area contributed by atoms with Crippen molar-refractivity contribution in [1.82, 2.24) is 15.5 Å². The zero-order chi connectivity index (χ0) is 38.7. The number of fused-ring (bicyclic) bond motifs is 1. The highest BCUT2D eigenvalue weighted by molar-refractivity contribution is 5.91. The highest BCUT2D eigenvalue weighted by Gasteiger charge is 2.41. The first-order chi connectivity index (χ1) is 26.7. The van der Waals surface area contributed by atoms with Crippen molar-refractivity contribution in [2.75, 3.05) is 25.0 Å². The Morgan fingerprint density at radius 2 is 1.56 bits per heavy atom. The zero-order valence-corrected chi connectivity index (χ0v) is 31.1. The summed E-state index contributed by atoms with van der Waals surface area (Å²) >= 11 is 0. The molecule has 0 aromatic heterocycles. The monoisotopic (exact) mass is 746 g/mol. The molecular weight excluding hydrogens is 697 g/mol. The van der Waals surface area contributed by atoms with Gasteiger partial charge in [0.15, 0.2) is 0 Å². The van der Waals surface area contributed by atoms with Gasteiger partial charge < -0.3 is 35.8 Å². The third kappa shape index (κ3) is 10.6. The predicted molar refractivity (Wildman–Crippen MR) is 209 cm³/mol. The van der Waals surface area contributed by atoms with Gasteiger partial charge in [-0.3, -0.25) is 14.4 Å². The molecule has 288 valence electrons. The number of ether oxygens (including phenoxy) is 1. The number of hydrogen-bond donors (Lipinski definition) is 5. The largest absolute Gasteiger partial charge is 0.465 e. The molecule has 1 aliphatic heterocycles. The third-order valence-corrected chi connectivity index (χ3v) is 10.5. The maximum atomic E-state index is 14.2. The number of esters is 1. The van der Waals surface area contributed by atoms with E-state index in [4.69, 9.17) is 4.74 Å². The van der Waals surface area contributed by atoms with E-state index in [-0.39, 0.29) is 49.9 Å². The normalized spacial score (nSPS) is 20.0. The number of hydrogen-bond acceptors (Lipinski definition) is 7. The van der Waals surface area contributed by atoms with Gasteiger partial charge in [-0.05, 0) is 79.0 Å². The van der Waals surface area contributed by atoms with Crippen LogP contribution in [0.2, 0.25) is 0 Å². The van der Waals surface area contributed by atoms with E-state index in [1.165, 1.54) is 0 Å². The lowest BCUT2D eigenvalue weighted by molar-refractivity contribution is -0.141. The van der Waals surface area contributed by atoms with Gasteiger partial charge in [0.25, 0.3) is 0 Å². The summed E-state index contributed by atoms with van der Waals surface area (Å²) in [6, 6.07) is 33.3. The molecule has 1 unspecified atom stereocenters. The van der Waals surface area contributed by atoms with Crippen LogP contribution in [0.3, 0.4) is 0 Å². The minimum atomic E-state index is -0.984. The number of β-amino-alcohol motifs (C(OH)–C–C–N with tert-alkyl or cyclic N) is 1. The molecule has 4 amide bonds. The molecule has 0 saturated carbocycles. The van der Waals surface area contributed by atoms with Crippen molar-refractivity contribution in [2.24, 2.45) is 11.8 Å². The molecule has 0 spiro atoms. The average molecular weight is 747 g/mol. The summed E-state index contributed by atoms with van der Waals surface area (Å²) in [6.45, 7) is 1.73. The van der Waals surface area contributed by atoms with Gasteiger partial charge in [-0.15, -0.1) is 0 Å². The van der Waals surface area contributed by atoms with E-state index in [1.54, 1.807) is 24.0 Å². The first-order valence-corrected chi connectivity index (χ1v) is 19.1. The fourth-order valence-electron chi connectivity index (χ4n) is 7.89. The summed E-state index contributed by atoms with van der Waals surface area (Å²) in [7, 11) is 0. The number of carbonyl (C=O) groups excluding carboxylic acids is 4. The number of aliphatic hydroxyl groups excluding tert-OH is 2. The molecule has 2 aliphatic rings. The van der Waals surface area contributed by atoms with E-state index in [9.17, 15) is 29.4 Å².